The molecule has 0 aromatic carbocycles. The van der Waals surface area contributed by atoms with Gasteiger partial charge in [-0.1, -0.05) is 0 Å². The molecule has 1 unspecified atom stereocenters. The van der Waals surface area contributed by atoms with Crippen LogP contribution in [0.15, 0.2) is 5.38 Å². The minimum Gasteiger partial charge on any atom is -0.467 e. The molecule has 1 atom stereocenters. The van der Waals surface area contributed by atoms with Crippen molar-refractivity contribution in [2.24, 2.45) is 0 Å². The number of ether oxygens (including phenoxy) is 2. The highest BCUT2D eigenvalue weighted by Crippen LogP contribution is 2.22. The summed E-state index contributed by atoms with van der Waals surface area (Å²) in [4.78, 5) is 52.9. The van der Waals surface area contributed by atoms with Gasteiger partial charge < -0.3 is 25.4 Å². The van der Waals surface area contributed by atoms with Crippen LogP contribution in [-0.4, -0.2) is 62.0 Å². The Labute approximate surface area is 166 Å². The van der Waals surface area contributed by atoms with E-state index in [1.807, 2.05) is 0 Å². The van der Waals surface area contributed by atoms with E-state index in [-0.39, 0.29) is 11.6 Å². The molecule has 12 heteroatoms. The van der Waals surface area contributed by atoms with Crippen LogP contribution in [0.5, 0.6) is 0 Å². The number of aromatic nitrogens is 1. The number of amides is 5. The molecule has 0 aliphatic carbocycles. The smallest absolute Gasteiger partial charge is 0.408 e. The summed E-state index contributed by atoms with van der Waals surface area (Å²) in [6, 6.07) is -2.39. The molecule has 0 saturated heterocycles. The SMILES string of the molecule is CNC(=O)N(C(=O)NC)c1nc(CC(NC(=O)OC(C)(C)C)C(=O)OC)cs1. The average Bonchev–Trinajstić information content (AvgIpc) is 3.06. The van der Waals surface area contributed by atoms with Crippen molar-refractivity contribution in [1.29, 1.82) is 0 Å². The van der Waals surface area contributed by atoms with E-state index < -0.39 is 35.8 Å². The third kappa shape index (κ3) is 6.68. The molecule has 0 radical (unpaired) electrons. The van der Waals surface area contributed by atoms with Gasteiger partial charge in [-0.2, -0.15) is 4.90 Å². The topological polar surface area (TPSA) is 139 Å². The first-order valence-electron chi connectivity index (χ1n) is 8.27. The standard InChI is InChI=1S/C16H25N5O6S/c1-16(2,3)27-15(25)20-10(11(22)26-6)7-9-8-28-14(19-9)21(12(23)17-4)13(24)18-5/h8,10H,7H2,1-6H3,(H,17,23)(H,18,24)(H,20,25). The van der Waals surface area contributed by atoms with Crippen molar-refractivity contribution in [1.82, 2.24) is 20.9 Å². The monoisotopic (exact) mass is 415 g/mol. The van der Waals surface area contributed by atoms with Crippen LogP contribution in [0.25, 0.3) is 0 Å². The molecule has 1 aromatic heterocycles. The number of rotatable bonds is 5. The van der Waals surface area contributed by atoms with Crippen molar-refractivity contribution in [2.75, 3.05) is 26.1 Å². The summed E-state index contributed by atoms with van der Waals surface area (Å²) in [5.41, 5.74) is -0.357. The van der Waals surface area contributed by atoms with Crippen LogP contribution < -0.4 is 20.9 Å². The Balaban J connectivity index is 2.99. The molecule has 28 heavy (non-hydrogen) atoms. The molecule has 156 valence electrons. The van der Waals surface area contributed by atoms with Gasteiger partial charge in [-0.25, -0.2) is 24.2 Å². The van der Waals surface area contributed by atoms with E-state index in [1.165, 1.54) is 21.2 Å². The van der Waals surface area contributed by atoms with Crippen LogP contribution in [0.1, 0.15) is 26.5 Å². The van der Waals surface area contributed by atoms with Gasteiger partial charge in [0.2, 0.25) is 5.13 Å². The highest BCUT2D eigenvalue weighted by atomic mass is 32.1. The molecule has 5 amide bonds. The normalized spacial score (nSPS) is 11.8. The molecule has 0 aliphatic heterocycles. The number of alkyl carbamates (subject to hydrolysis) is 1. The van der Waals surface area contributed by atoms with E-state index >= 15 is 0 Å². The van der Waals surface area contributed by atoms with Crippen LogP contribution in [-0.2, 0) is 20.7 Å². The molecule has 11 nitrogen and oxygen atoms in total. The Hall–Kier alpha value is -2.89. The van der Waals surface area contributed by atoms with Gasteiger partial charge in [0, 0.05) is 25.9 Å². The molecular formula is C16H25N5O6S. The third-order valence-corrected chi connectivity index (χ3v) is 4.03. The number of nitrogens with zero attached hydrogens (tertiary/aromatic N) is 2. The van der Waals surface area contributed by atoms with E-state index in [4.69, 9.17) is 9.47 Å². The van der Waals surface area contributed by atoms with Gasteiger partial charge in [0.15, 0.2) is 0 Å². The Morgan fingerprint density at radius 3 is 2.21 bits per heavy atom. The molecule has 0 spiro atoms. The van der Waals surface area contributed by atoms with Gasteiger partial charge in [-0.05, 0) is 20.8 Å². The number of hydrogen-bond acceptors (Lipinski definition) is 8. The maximum Gasteiger partial charge on any atom is 0.408 e. The lowest BCUT2D eigenvalue weighted by Gasteiger charge is -2.22. The predicted octanol–water partition coefficient (Wildman–Crippen LogP) is 1.24. The zero-order valence-corrected chi connectivity index (χ0v) is 17.4. The number of hydrogen-bond donors (Lipinski definition) is 3. The number of carbonyl (C=O) groups is 4. The van der Waals surface area contributed by atoms with E-state index in [9.17, 15) is 19.2 Å². The second kappa shape index (κ2) is 9.88. The molecule has 1 aromatic rings. The molecular weight excluding hydrogens is 390 g/mol. The largest absolute Gasteiger partial charge is 0.467 e. The number of thiazole rings is 1. The number of methoxy groups -OCH3 is 1. The van der Waals surface area contributed by atoms with Crippen molar-refractivity contribution in [3.63, 3.8) is 0 Å². The number of carbonyl (C=O) groups excluding carboxylic acids is 4. The van der Waals surface area contributed by atoms with Crippen LogP contribution >= 0.6 is 11.3 Å². The second-order valence-electron chi connectivity index (χ2n) is 6.49. The highest BCUT2D eigenvalue weighted by Gasteiger charge is 2.28. The number of imide groups is 1. The van der Waals surface area contributed by atoms with Crippen LogP contribution in [0, 0.1) is 0 Å². The quantitative estimate of drug-likeness (QED) is 0.615. The Morgan fingerprint density at radius 1 is 1.18 bits per heavy atom. The first-order chi connectivity index (χ1) is 13.0. The third-order valence-electron chi connectivity index (χ3n) is 3.15. The fourth-order valence-corrected chi connectivity index (χ4v) is 2.81. The molecule has 0 aliphatic rings. The van der Waals surface area contributed by atoms with Crippen molar-refractivity contribution in [2.45, 2.75) is 38.8 Å². The van der Waals surface area contributed by atoms with E-state index in [1.54, 1.807) is 26.2 Å². The van der Waals surface area contributed by atoms with Crippen molar-refractivity contribution < 1.29 is 28.7 Å². The van der Waals surface area contributed by atoms with Gasteiger partial charge in [-0.15, -0.1) is 11.3 Å². The lowest BCUT2D eigenvalue weighted by atomic mass is 10.1. The summed E-state index contributed by atoms with van der Waals surface area (Å²) in [5, 5.41) is 8.81. The van der Waals surface area contributed by atoms with Gasteiger partial charge in [-0.3, -0.25) is 0 Å². The minimum absolute atomic E-state index is 0.0161. The van der Waals surface area contributed by atoms with Gasteiger partial charge in [0.1, 0.15) is 11.6 Å². The zero-order chi connectivity index (χ0) is 21.5. The number of urea groups is 2. The Morgan fingerprint density at radius 2 is 1.75 bits per heavy atom. The van der Waals surface area contributed by atoms with Crippen LogP contribution in [0.2, 0.25) is 0 Å². The molecule has 0 bridgehead atoms. The van der Waals surface area contributed by atoms with Crippen LogP contribution in [0.3, 0.4) is 0 Å². The summed E-state index contributed by atoms with van der Waals surface area (Å²) in [6.45, 7) is 5.08. The summed E-state index contributed by atoms with van der Waals surface area (Å²) in [5.74, 6) is -0.685. The van der Waals surface area contributed by atoms with Gasteiger partial charge in [0.25, 0.3) is 0 Å². The molecule has 3 N–H and O–H groups in total. The fraction of sp³-hybridized carbons (Fsp3) is 0.562. The molecule has 0 fully saturated rings. The predicted molar refractivity (Wildman–Crippen MR) is 102 cm³/mol. The Bertz CT molecular complexity index is 713. The average molecular weight is 415 g/mol. The number of anilines is 1. The second-order valence-corrected chi connectivity index (χ2v) is 7.33. The molecule has 1 heterocycles. The van der Waals surface area contributed by atoms with Gasteiger partial charge in [0.05, 0.1) is 12.8 Å². The Kier molecular flexibility index (Phi) is 8.16. The van der Waals surface area contributed by atoms with E-state index in [0.717, 1.165) is 16.2 Å². The fourth-order valence-electron chi connectivity index (χ4n) is 1.98. The summed E-state index contributed by atoms with van der Waals surface area (Å²) >= 11 is 1.03. The lowest BCUT2D eigenvalue weighted by molar-refractivity contribution is -0.143. The highest BCUT2D eigenvalue weighted by molar-refractivity contribution is 7.14. The summed E-state index contributed by atoms with van der Waals surface area (Å²) in [6.07, 6.45) is -0.798. The maximum absolute atomic E-state index is 12.0. The lowest BCUT2D eigenvalue weighted by Crippen LogP contribution is -2.47. The first kappa shape index (κ1) is 23.1. The number of esters is 1. The van der Waals surface area contributed by atoms with Crippen molar-refractivity contribution in [3.8, 4) is 0 Å². The zero-order valence-electron chi connectivity index (χ0n) is 16.6. The van der Waals surface area contributed by atoms with Crippen LogP contribution in [0.4, 0.5) is 19.5 Å². The first-order valence-corrected chi connectivity index (χ1v) is 9.15. The summed E-state index contributed by atoms with van der Waals surface area (Å²) in [7, 11) is 3.95. The van der Waals surface area contributed by atoms with E-state index in [2.05, 4.69) is 20.9 Å². The van der Waals surface area contributed by atoms with Crippen molar-refractivity contribution in [3.05, 3.63) is 11.1 Å². The maximum atomic E-state index is 12.0. The minimum atomic E-state index is -1.05. The molecule has 1 rings (SSSR count). The van der Waals surface area contributed by atoms with Crippen molar-refractivity contribution >= 4 is 40.6 Å². The molecule has 0 saturated carbocycles. The number of nitrogens with one attached hydrogen (secondary N) is 3. The van der Waals surface area contributed by atoms with Gasteiger partial charge >= 0.3 is 24.1 Å². The summed E-state index contributed by atoms with van der Waals surface area (Å²) < 4.78 is 9.86. The van der Waals surface area contributed by atoms with E-state index in [0.29, 0.717) is 5.69 Å².